The van der Waals surface area contributed by atoms with Gasteiger partial charge in [0.05, 0.1) is 6.61 Å². The van der Waals surface area contributed by atoms with E-state index in [9.17, 15) is 4.79 Å². The van der Waals surface area contributed by atoms with Crippen molar-refractivity contribution in [2.24, 2.45) is 0 Å². The van der Waals surface area contributed by atoms with E-state index in [1.165, 1.54) is 0 Å². The van der Waals surface area contributed by atoms with Crippen LogP contribution in [0.25, 0.3) is 0 Å². The van der Waals surface area contributed by atoms with Crippen LogP contribution in [0.2, 0.25) is 0 Å². The second kappa shape index (κ2) is 5.50. The van der Waals surface area contributed by atoms with Crippen LogP contribution < -0.4 is 5.32 Å². The highest BCUT2D eigenvalue weighted by molar-refractivity contribution is 6.02. The van der Waals surface area contributed by atoms with Crippen LogP contribution in [0.4, 0.5) is 5.82 Å². The molecular formula is C12H16N4O2. The van der Waals surface area contributed by atoms with Gasteiger partial charge in [0.15, 0.2) is 5.82 Å². The van der Waals surface area contributed by atoms with E-state index < -0.39 is 0 Å². The van der Waals surface area contributed by atoms with Gasteiger partial charge in [0.2, 0.25) is 0 Å². The zero-order chi connectivity index (χ0) is 13.0. The van der Waals surface area contributed by atoms with Crippen molar-refractivity contribution in [3.8, 4) is 0 Å². The van der Waals surface area contributed by atoms with Crippen LogP contribution in [-0.2, 0) is 11.3 Å². The fourth-order valence-corrected chi connectivity index (χ4v) is 1.67. The van der Waals surface area contributed by atoms with E-state index in [0.29, 0.717) is 24.7 Å². The number of aromatic amines is 1. The third-order valence-electron chi connectivity index (χ3n) is 2.55. The summed E-state index contributed by atoms with van der Waals surface area (Å²) in [6.45, 7) is 3.09. The summed E-state index contributed by atoms with van der Waals surface area (Å²) in [6, 6.07) is 5.38. The Balaban J connectivity index is 2.06. The average molecular weight is 248 g/mol. The summed E-state index contributed by atoms with van der Waals surface area (Å²) in [6.07, 6.45) is 1.85. The second-order valence-corrected chi connectivity index (χ2v) is 3.97. The molecule has 0 radical (unpaired) electrons. The molecule has 6 nitrogen and oxygen atoms in total. The molecule has 0 aliphatic carbocycles. The first-order chi connectivity index (χ1) is 8.70. The van der Waals surface area contributed by atoms with E-state index in [0.717, 1.165) is 5.69 Å². The lowest BCUT2D eigenvalue weighted by Crippen LogP contribution is -2.18. The number of carbonyl (C=O) groups is 1. The molecule has 2 N–H and O–H groups in total. The Morgan fingerprint density at radius 2 is 2.44 bits per heavy atom. The summed E-state index contributed by atoms with van der Waals surface area (Å²) in [5.74, 6) is 0.347. The van der Waals surface area contributed by atoms with Gasteiger partial charge in [-0.05, 0) is 19.1 Å². The number of rotatable bonds is 5. The summed E-state index contributed by atoms with van der Waals surface area (Å²) in [5, 5.41) is 9.48. The molecule has 0 aromatic carbocycles. The summed E-state index contributed by atoms with van der Waals surface area (Å²) in [4.78, 5) is 12.0. The van der Waals surface area contributed by atoms with E-state index in [-0.39, 0.29) is 5.91 Å². The van der Waals surface area contributed by atoms with Crippen LogP contribution in [0.5, 0.6) is 0 Å². The molecule has 2 aromatic rings. The van der Waals surface area contributed by atoms with Crippen molar-refractivity contribution in [1.29, 1.82) is 0 Å². The highest BCUT2D eigenvalue weighted by Crippen LogP contribution is 2.08. The van der Waals surface area contributed by atoms with Crippen LogP contribution in [0.3, 0.4) is 0 Å². The molecule has 0 aliphatic rings. The molecule has 2 aromatic heterocycles. The van der Waals surface area contributed by atoms with Crippen molar-refractivity contribution in [2.45, 2.75) is 13.5 Å². The largest absolute Gasteiger partial charge is 0.383 e. The Hall–Kier alpha value is -2.08. The standard InChI is InChI=1S/C12H16N4O2/c1-9-8-11(15-14-9)13-12(17)10-4-3-5-16(10)6-7-18-2/h3-5,8H,6-7H2,1-2H3,(H2,13,14,15,17). The van der Waals surface area contributed by atoms with Gasteiger partial charge in [-0.2, -0.15) is 5.10 Å². The Bertz CT molecular complexity index is 530. The minimum Gasteiger partial charge on any atom is -0.383 e. The molecule has 0 unspecified atom stereocenters. The maximum Gasteiger partial charge on any atom is 0.273 e. The molecule has 18 heavy (non-hydrogen) atoms. The summed E-state index contributed by atoms with van der Waals surface area (Å²) in [5.41, 5.74) is 1.49. The van der Waals surface area contributed by atoms with Gasteiger partial charge in [-0.1, -0.05) is 0 Å². The molecule has 0 fully saturated rings. The minimum absolute atomic E-state index is 0.178. The number of hydrogen-bond donors (Lipinski definition) is 2. The Morgan fingerprint density at radius 1 is 1.61 bits per heavy atom. The van der Waals surface area contributed by atoms with Crippen LogP contribution in [0, 0.1) is 6.92 Å². The number of aryl methyl sites for hydroxylation is 1. The molecule has 6 heteroatoms. The number of nitrogens with zero attached hydrogens (tertiary/aromatic N) is 2. The first-order valence-electron chi connectivity index (χ1n) is 5.68. The third kappa shape index (κ3) is 2.78. The number of aromatic nitrogens is 3. The van der Waals surface area contributed by atoms with E-state index in [4.69, 9.17) is 4.74 Å². The van der Waals surface area contributed by atoms with Crippen molar-refractivity contribution >= 4 is 11.7 Å². The molecule has 2 rings (SSSR count). The Morgan fingerprint density at radius 3 is 3.11 bits per heavy atom. The predicted octanol–water partition coefficient (Wildman–Crippen LogP) is 1.42. The van der Waals surface area contributed by atoms with Crippen LogP contribution >= 0.6 is 0 Å². The lowest BCUT2D eigenvalue weighted by Gasteiger charge is -2.07. The number of carbonyl (C=O) groups excluding carboxylic acids is 1. The first-order valence-corrected chi connectivity index (χ1v) is 5.68. The molecule has 2 heterocycles. The number of anilines is 1. The highest BCUT2D eigenvalue weighted by atomic mass is 16.5. The quantitative estimate of drug-likeness (QED) is 0.840. The molecule has 0 saturated carbocycles. The van der Waals surface area contributed by atoms with Crippen molar-refractivity contribution in [1.82, 2.24) is 14.8 Å². The third-order valence-corrected chi connectivity index (χ3v) is 2.55. The molecule has 1 amide bonds. The number of nitrogens with one attached hydrogen (secondary N) is 2. The topological polar surface area (TPSA) is 71.9 Å². The number of methoxy groups -OCH3 is 1. The molecule has 96 valence electrons. The fraction of sp³-hybridized carbons (Fsp3) is 0.333. The van der Waals surface area contributed by atoms with Gasteiger partial charge in [-0.3, -0.25) is 9.89 Å². The normalized spacial score (nSPS) is 10.6. The van der Waals surface area contributed by atoms with Gasteiger partial charge in [0.1, 0.15) is 5.69 Å². The molecule has 0 bridgehead atoms. The number of hydrogen-bond acceptors (Lipinski definition) is 3. The van der Waals surface area contributed by atoms with Gasteiger partial charge in [0.25, 0.3) is 5.91 Å². The van der Waals surface area contributed by atoms with Crippen LogP contribution in [-0.4, -0.2) is 34.4 Å². The van der Waals surface area contributed by atoms with E-state index >= 15 is 0 Å². The molecular weight excluding hydrogens is 232 g/mol. The van der Waals surface area contributed by atoms with Gasteiger partial charge in [0, 0.05) is 31.6 Å². The summed E-state index contributed by atoms with van der Waals surface area (Å²) >= 11 is 0. The average Bonchev–Trinajstić information content (AvgIpc) is 2.95. The SMILES string of the molecule is COCCn1cccc1C(=O)Nc1cc(C)[nH]n1. The van der Waals surface area contributed by atoms with Gasteiger partial charge >= 0.3 is 0 Å². The van der Waals surface area contributed by atoms with Crippen LogP contribution in [0.15, 0.2) is 24.4 Å². The first kappa shape index (κ1) is 12.4. The summed E-state index contributed by atoms with van der Waals surface area (Å²) < 4.78 is 6.85. The van der Waals surface area contributed by atoms with Gasteiger partial charge < -0.3 is 14.6 Å². The number of ether oxygens (including phenoxy) is 1. The van der Waals surface area contributed by atoms with Crippen molar-refractivity contribution < 1.29 is 9.53 Å². The Kier molecular flexibility index (Phi) is 3.78. The van der Waals surface area contributed by atoms with Gasteiger partial charge in [-0.25, -0.2) is 0 Å². The minimum atomic E-state index is -0.178. The molecule has 0 aliphatic heterocycles. The maximum absolute atomic E-state index is 12.0. The number of H-pyrrole nitrogens is 1. The monoisotopic (exact) mass is 248 g/mol. The molecule has 0 spiro atoms. The zero-order valence-corrected chi connectivity index (χ0v) is 10.4. The van der Waals surface area contributed by atoms with E-state index in [1.54, 1.807) is 19.2 Å². The smallest absolute Gasteiger partial charge is 0.273 e. The predicted molar refractivity (Wildman–Crippen MR) is 67.6 cm³/mol. The fourth-order valence-electron chi connectivity index (χ4n) is 1.67. The van der Waals surface area contributed by atoms with E-state index in [1.807, 2.05) is 23.8 Å². The second-order valence-electron chi connectivity index (χ2n) is 3.97. The lowest BCUT2D eigenvalue weighted by atomic mass is 10.4. The lowest BCUT2D eigenvalue weighted by molar-refractivity contribution is 0.101. The zero-order valence-electron chi connectivity index (χ0n) is 10.4. The van der Waals surface area contributed by atoms with E-state index in [2.05, 4.69) is 15.5 Å². The van der Waals surface area contributed by atoms with Crippen molar-refractivity contribution in [2.75, 3.05) is 19.0 Å². The molecule has 0 atom stereocenters. The van der Waals surface area contributed by atoms with Crippen molar-refractivity contribution in [3.05, 3.63) is 35.8 Å². The van der Waals surface area contributed by atoms with Crippen molar-refractivity contribution in [3.63, 3.8) is 0 Å². The van der Waals surface area contributed by atoms with Crippen LogP contribution in [0.1, 0.15) is 16.2 Å². The maximum atomic E-state index is 12.0. The Labute approximate surface area is 105 Å². The van der Waals surface area contributed by atoms with Gasteiger partial charge in [-0.15, -0.1) is 0 Å². The summed E-state index contributed by atoms with van der Waals surface area (Å²) in [7, 11) is 1.63. The number of amides is 1. The molecule has 0 saturated heterocycles. The highest BCUT2D eigenvalue weighted by Gasteiger charge is 2.11.